The molecule has 0 bridgehead atoms. The van der Waals surface area contributed by atoms with Crippen molar-refractivity contribution >= 4 is 40.7 Å². The summed E-state index contributed by atoms with van der Waals surface area (Å²) in [6, 6.07) is 21.5. The molecule has 8 heteroatoms. The molecular weight excluding hydrogens is 572 g/mol. The second-order valence-corrected chi connectivity index (χ2v) is 12.3. The van der Waals surface area contributed by atoms with Gasteiger partial charge < -0.3 is 14.7 Å². The van der Waals surface area contributed by atoms with Crippen molar-refractivity contribution < 1.29 is 14.0 Å². The number of nitrogens with zero attached hydrogens (tertiary/aromatic N) is 3. The smallest absolute Gasteiger partial charge is 0.253 e. The topological polar surface area (TPSA) is 43.9 Å². The molecule has 0 unspecified atom stereocenters. The van der Waals surface area contributed by atoms with Gasteiger partial charge in [-0.15, -0.1) is 0 Å². The molecule has 3 aromatic rings. The van der Waals surface area contributed by atoms with Gasteiger partial charge in [-0.25, -0.2) is 4.39 Å². The van der Waals surface area contributed by atoms with E-state index in [1.165, 1.54) is 5.56 Å². The minimum Gasteiger partial charge on any atom is -0.339 e. The van der Waals surface area contributed by atoms with Crippen LogP contribution in [0.4, 0.5) is 10.1 Å². The Morgan fingerprint density at radius 3 is 2.19 bits per heavy atom. The SMILES string of the molecule is O=C(c1ccccc1)N1CCC(C(=O)N(CCCN2CCC(Cc3ccc(F)cc3)CC2)c2ccc(Cl)c(Cl)c2)CC1. The monoisotopic (exact) mass is 609 g/mol. The average Bonchev–Trinajstić information content (AvgIpc) is 3.02. The van der Waals surface area contributed by atoms with E-state index in [4.69, 9.17) is 23.2 Å². The first-order chi connectivity index (χ1) is 20.4. The summed E-state index contributed by atoms with van der Waals surface area (Å²) in [5.74, 6) is 0.371. The quantitative estimate of drug-likeness (QED) is 0.254. The summed E-state index contributed by atoms with van der Waals surface area (Å²) in [5, 5.41) is 0.891. The van der Waals surface area contributed by atoms with E-state index in [2.05, 4.69) is 4.90 Å². The predicted octanol–water partition coefficient (Wildman–Crippen LogP) is 7.36. The fraction of sp³-hybridized carbons (Fsp3) is 0.412. The van der Waals surface area contributed by atoms with Crippen LogP contribution in [0, 0.1) is 17.7 Å². The highest BCUT2D eigenvalue weighted by molar-refractivity contribution is 6.42. The van der Waals surface area contributed by atoms with Crippen molar-refractivity contribution in [3.8, 4) is 0 Å². The van der Waals surface area contributed by atoms with Crippen LogP contribution in [0.25, 0.3) is 0 Å². The molecule has 0 saturated carbocycles. The largest absolute Gasteiger partial charge is 0.339 e. The van der Waals surface area contributed by atoms with E-state index >= 15 is 0 Å². The molecule has 2 saturated heterocycles. The van der Waals surface area contributed by atoms with Crippen LogP contribution < -0.4 is 4.90 Å². The lowest BCUT2D eigenvalue weighted by Crippen LogP contribution is -2.45. The number of piperidine rings is 2. The Bertz CT molecular complexity index is 1340. The molecule has 2 aliphatic heterocycles. The molecule has 5 nitrogen and oxygen atoms in total. The van der Waals surface area contributed by atoms with Crippen LogP contribution in [-0.4, -0.2) is 60.9 Å². The molecule has 2 fully saturated rings. The van der Waals surface area contributed by atoms with Crippen molar-refractivity contribution in [2.45, 2.75) is 38.5 Å². The third-order valence-corrected chi connectivity index (χ3v) is 9.37. The maximum Gasteiger partial charge on any atom is 0.253 e. The van der Waals surface area contributed by atoms with Crippen LogP contribution in [0.5, 0.6) is 0 Å². The third kappa shape index (κ3) is 7.91. The molecule has 0 radical (unpaired) electrons. The first-order valence-corrected chi connectivity index (χ1v) is 15.7. The maximum absolute atomic E-state index is 13.9. The third-order valence-electron chi connectivity index (χ3n) is 8.63. The van der Waals surface area contributed by atoms with Crippen molar-refractivity contribution in [3.05, 3.63) is 99.8 Å². The zero-order valence-corrected chi connectivity index (χ0v) is 25.4. The molecule has 2 heterocycles. The molecule has 3 aromatic carbocycles. The lowest BCUT2D eigenvalue weighted by molar-refractivity contribution is -0.123. The molecule has 0 N–H and O–H groups in total. The zero-order chi connectivity index (χ0) is 29.5. The van der Waals surface area contributed by atoms with E-state index in [0.717, 1.165) is 51.0 Å². The number of carbonyl (C=O) groups is 2. The number of amides is 2. The van der Waals surface area contributed by atoms with Gasteiger partial charge in [-0.1, -0.05) is 53.5 Å². The molecule has 0 aromatic heterocycles. The Morgan fingerprint density at radius 2 is 1.52 bits per heavy atom. The van der Waals surface area contributed by atoms with Crippen molar-refractivity contribution in [2.75, 3.05) is 44.2 Å². The summed E-state index contributed by atoms with van der Waals surface area (Å²) in [5.41, 5.74) is 2.63. The summed E-state index contributed by atoms with van der Waals surface area (Å²) in [4.78, 5) is 33.0. The minimum atomic E-state index is -0.189. The summed E-state index contributed by atoms with van der Waals surface area (Å²) in [7, 11) is 0. The Morgan fingerprint density at radius 1 is 0.833 bits per heavy atom. The maximum atomic E-state index is 13.9. The number of hydrogen-bond donors (Lipinski definition) is 0. The van der Waals surface area contributed by atoms with Gasteiger partial charge in [-0.2, -0.15) is 0 Å². The number of benzene rings is 3. The first-order valence-electron chi connectivity index (χ1n) is 14.9. The molecule has 2 amide bonds. The van der Waals surface area contributed by atoms with Crippen LogP contribution in [0.15, 0.2) is 72.8 Å². The van der Waals surface area contributed by atoms with Crippen LogP contribution in [-0.2, 0) is 11.2 Å². The predicted molar refractivity (Wildman–Crippen MR) is 168 cm³/mol. The molecule has 42 heavy (non-hydrogen) atoms. The average molecular weight is 611 g/mol. The normalized spacial score (nSPS) is 16.9. The van der Waals surface area contributed by atoms with E-state index < -0.39 is 0 Å². The second kappa shape index (κ2) is 14.5. The van der Waals surface area contributed by atoms with Gasteiger partial charge in [0.05, 0.1) is 10.0 Å². The van der Waals surface area contributed by atoms with Gasteiger partial charge in [0.2, 0.25) is 5.91 Å². The Labute approximate surface area is 258 Å². The standard InChI is InChI=1S/C34H38Cl2FN3O2/c35-31-12-11-30(24-32(31)36)40(34(42)28-15-21-39(22-16-28)33(41)27-5-2-1-3-6-27)18-4-17-38-19-13-26(14-20-38)23-25-7-9-29(37)10-8-25/h1-3,5-12,24,26,28H,4,13-23H2. The van der Waals surface area contributed by atoms with Gasteiger partial charge in [0.15, 0.2) is 0 Å². The van der Waals surface area contributed by atoms with Crippen molar-refractivity contribution in [1.29, 1.82) is 0 Å². The van der Waals surface area contributed by atoms with E-state index in [1.807, 2.05) is 58.3 Å². The van der Waals surface area contributed by atoms with E-state index in [-0.39, 0.29) is 23.5 Å². The highest BCUT2D eigenvalue weighted by atomic mass is 35.5. The van der Waals surface area contributed by atoms with Crippen LogP contribution >= 0.6 is 23.2 Å². The molecular formula is C34H38Cl2FN3O2. The van der Waals surface area contributed by atoms with Gasteiger partial charge in [0.1, 0.15) is 5.82 Å². The van der Waals surface area contributed by atoms with Crippen molar-refractivity contribution in [2.24, 2.45) is 11.8 Å². The Balaban J connectivity index is 1.15. The fourth-order valence-electron chi connectivity index (χ4n) is 6.15. The van der Waals surface area contributed by atoms with Crippen LogP contribution in [0.3, 0.4) is 0 Å². The van der Waals surface area contributed by atoms with E-state index in [0.29, 0.717) is 54.0 Å². The number of carbonyl (C=O) groups excluding carboxylic acids is 2. The first kappa shape index (κ1) is 30.5. The molecule has 0 aliphatic carbocycles. The summed E-state index contributed by atoms with van der Waals surface area (Å²) in [6.45, 7) is 4.69. The number of anilines is 1. The molecule has 222 valence electrons. The molecule has 0 spiro atoms. The fourth-order valence-corrected chi connectivity index (χ4v) is 6.45. The molecule has 0 atom stereocenters. The second-order valence-electron chi connectivity index (χ2n) is 11.5. The number of likely N-dealkylation sites (tertiary alicyclic amines) is 2. The summed E-state index contributed by atoms with van der Waals surface area (Å²) < 4.78 is 13.2. The van der Waals surface area contributed by atoms with E-state index in [9.17, 15) is 14.0 Å². The van der Waals surface area contributed by atoms with Gasteiger partial charge in [-0.05, 0) is 112 Å². The van der Waals surface area contributed by atoms with E-state index in [1.54, 1.807) is 24.3 Å². The highest BCUT2D eigenvalue weighted by Crippen LogP contribution is 2.30. The minimum absolute atomic E-state index is 0.0178. The van der Waals surface area contributed by atoms with Gasteiger partial charge >= 0.3 is 0 Å². The van der Waals surface area contributed by atoms with Crippen LogP contribution in [0.1, 0.15) is 48.0 Å². The summed E-state index contributed by atoms with van der Waals surface area (Å²) in [6.07, 6.45) is 5.34. The number of hydrogen-bond acceptors (Lipinski definition) is 3. The molecule has 5 rings (SSSR count). The van der Waals surface area contributed by atoms with Crippen LogP contribution in [0.2, 0.25) is 10.0 Å². The Kier molecular flexibility index (Phi) is 10.5. The number of halogens is 3. The van der Waals surface area contributed by atoms with Gasteiger partial charge in [0.25, 0.3) is 5.91 Å². The van der Waals surface area contributed by atoms with Gasteiger partial charge in [-0.3, -0.25) is 9.59 Å². The lowest BCUT2D eigenvalue weighted by atomic mass is 9.90. The Hall–Kier alpha value is -2.93. The summed E-state index contributed by atoms with van der Waals surface area (Å²) >= 11 is 12.5. The van der Waals surface area contributed by atoms with Crippen molar-refractivity contribution in [3.63, 3.8) is 0 Å². The number of rotatable bonds is 9. The lowest BCUT2D eigenvalue weighted by Gasteiger charge is -2.35. The zero-order valence-electron chi connectivity index (χ0n) is 23.9. The molecule has 2 aliphatic rings. The van der Waals surface area contributed by atoms with Gasteiger partial charge in [0, 0.05) is 36.8 Å². The van der Waals surface area contributed by atoms with Crippen molar-refractivity contribution in [1.82, 2.24) is 9.80 Å². The highest BCUT2D eigenvalue weighted by Gasteiger charge is 2.31.